The summed E-state index contributed by atoms with van der Waals surface area (Å²) in [7, 11) is 0. The molecule has 0 radical (unpaired) electrons. The van der Waals surface area contributed by atoms with Crippen LogP contribution in [0.25, 0.3) is 0 Å². The quantitative estimate of drug-likeness (QED) is 0.435. The fourth-order valence-electron chi connectivity index (χ4n) is 1.51. The predicted molar refractivity (Wildman–Crippen MR) is 98.3 cm³/mol. The summed E-state index contributed by atoms with van der Waals surface area (Å²) in [5, 5.41) is 2.62. The highest BCUT2D eigenvalue weighted by Crippen LogP contribution is 2.08. The Kier molecular flexibility index (Phi) is 9.96. The van der Waals surface area contributed by atoms with Crippen molar-refractivity contribution in [3.05, 3.63) is 21.9 Å². The highest BCUT2D eigenvalue weighted by Gasteiger charge is 2.15. The maximum absolute atomic E-state index is 11.4. The molecule has 0 bridgehead atoms. The normalized spacial score (nSPS) is 11.2. The fraction of sp³-hybridized carbons (Fsp3) is 0.625. The van der Waals surface area contributed by atoms with E-state index in [0.717, 1.165) is 3.57 Å². The molecule has 0 aliphatic heterocycles. The summed E-state index contributed by atoms with van der Waals surface area (Å²) in [5.74, 6) is 0.587. The van der Waals surface area contributed by atoms with Crippen LogP contribution in [0.3, 0.4) is 0 Å². The Morgan fingerprint density at radius 1 is 1.12 bits per heavy atom. The third-order valence-corrected chi connectivity index (χ3v) is 3.10. The smallest absolute Gasteiger partial charge is 0.407 e. The van der Waals surface area contributed by atoms with Crippen molar-refractivity contribution in [3.63, 3.8) is 0 Å². The molecule has 1 rings (SSSR count). The summed E-state index contributed by atoms with van der Waals surface area (Å²) in [6.07, 6.45) is 1.30. The van der Waals surface area contributed by atoms with Gasteiger partial charge in [-0.05, 0) is 49.4 Å². The van der Waals surface area contributed by atoms with Crippen LogP contribution in [0.2, 0.25) is 0 Å². The molecule has 0 spiro atoms. The first-order valence-corrected chi connectivity index (χ1v) is 8.81. The monoisotopic (exact) mass is 452 g/mol. The molecular formula is C16H25IN2O5. The third kappa shape index (κ3) is 11.4. The first-order valence-electron chi connectivity index (χ1n) is 7.73. The van der Waals surface area contributed by atoms with Gasteiger partial charge in [-0.15, -0.1) is 0 Å². The Labute approximate surface area is 156 Å². The van der Waals surface area contributed by atoms with Gasteiger partial charge in [0.2, 0.25) is 5.88 Å². The van der Waals surface area contributed by atoms with E-state index in [9.17, 15) is 4.79 Å². The standard InChI is InChI=1S/C16H25IN2O5/c1-16(2,3)24-15(20)18-6-7-21-8-9-22-10-11-23-14-5-4-13(17)12-19-14/h4-5,12H,6-11H2,1-3H3,(H,18,20). The van der Waals surface area contributed by atoms with Gasteiger partial charge in [0.25, 0.3) is 0 Å². The number of pyridine rings is 1. The molecule has 0 saturated carbocycles. The Bertz CT molecular complexity index is 476. The largest absolute Gasteiger partial charge is 0.475 e. The second-order valence-electron chi connectivity index (χ2n) is 5.82. The SMILES string of the molecule is CC(C)(C)OC(=O)NCCOCCOCCOc1ccc(I)cn1. The number of hydrogen-bond acceptors (Lipinski definition) is 6. The molecule has 0 aromatic carbocycles. The van der Waals surface area contributed by atoms with Crippen LogP contribution >= 0.6 is 22.6 Å². The van der Waals surface area contributed by atoms with Gasteiger partial charge < -0.3 is 24.3 Å². The zero-order valence-electron chi connectivity index (χ0n) is 14.3. The Hall–Kier alpha value is -1.13. The number of halogens is 1. The number of ether oxygens (including phenoxy) is 4. The van der Waals surface area contributed by atoms with Gasteiger partial charge >= 0.3 is 6.09 Å². The summed E-state index contributed by atoms with van der Waals surface area (Å²) >= 11 is 2.19. The van der Waals surface area contributed by atoms with Crippen LogP contribution in [0.15, 0.2) is 18.3 Å². The van der Waals surface area contributed by atoms with Crippen molar-refractivity contribution in [1.29, 1.82) is 0 Å². The van der Waals surface area contributed by atoms with Gasteiger partial charge in [-0.1, -0.05) is 0 Å². The lowest BCUT2D eigenvalue weighted by atomic mass is 10.2. The number of nitrogens with one attached hydrogen (secondary N) is 1. The summed E-state index contributed by atoms with van der Waals surface area (Å²) in [6, 6.07) is 3.76. The number of carbonyl (C=O) groups excluding carboxylic acids is 1. The minimum absolute atomic E-state index is 0.399. The molecular weight excluding hydrogens is 427 g/mol. The third-order valence-electron chi connectivity index (χ3n) is 2.46. The number of carbonyl (C=O) groups is 1. The lowest BCUT2D eigenvalue weighted by molar-refractivity contribution is 0.0324. The van der Waals surface area contributed by atoms with Gasteiger partial charge in [-0.2, -0.15) is 0 Å². The molecule has 1 N–H and O–H groups in total. The lowest BCUT2D eigenvalue weighted by Gasteiger charge is -2.19. The number of hydrogen-bond donors (Lipinski definition) is 1. The molecule has 136 valence electrons. The van der Waals surface area contributed by atoms with Crippen LogP contribution in [0.1, 0.15) is 20.8 Å². The Morgan fingerprint density at radius 3 is 2.42 bits per heavy atom. The average Bonchev–Trinajstić information content (AvgIpc) is 2.49. The van der Waals surface area contributed by atoms with Crippen molar-refractivity contribution in [3.8, 4) is 5.88 Å². The molecule has 1 aromatic rings. The van der Waals surface area contributed by atoms with E-state index in [1.807, 2.05) is 32.9 Å². The molecule has 0 aliphatic carbocycles. The maximum atomic E-state index is 11.4. The van der Waals surface area contributed by atoms with Crippen LogP contribution in [-0.2, 0) is 14.2 Å². The van der Waals surface area contributed by atoms with Crippen LogP contribution in [0, 0.1) is 3.57 Å². The van der Waals surface area contributed by atoms with Crippen LogP contribution in [0.5, 0.6) is 5.88 Å². The van der Waals surface area contributed by atoms with Gasteiger partial charge in [-0.3, -0.25) is 0 Å². The number of amides is 1. The zero-order valence-corrected chi connectivity index (χ0v) is 16.5. The van der Waals surface area contributed by atoms with E-state index in [1.165, 1.54) is 0 Å². The summed E-state index contributed by atoms with van der Waals surface area (Å²) < 4.78 is 22.3. The van der Waals surface area contributed by atoms with Crippen molar-refractivity contribution in [2.24, 2.45) is 0 Å². The Balaban J connectivity index is 1.88. The van der Waals surface area contributed by atoms with E-state index in [1.54, 1.807) is 6.20 Å². The molecule has 8 heteroatoms. The molecule has 1 amide bonds. The highest BCUT2D eigenvalue weighted by molar-refractivity contribution is 14.1. The number of aromatic nitrogens is 1. The van der Waals surface area contributed by atoms with E-state index in [4.69, 9.17) is 18.9 Å². The number of rotatable bonds is 10. The molecule has 0 fully saturated rings. The van der Waals surface area contributed by atoms with E-state index >= 15 is 0 Å². The van der Waals surface area contributed by atoms with Gasteiger partial charge in [0.05, 0.1) is 26.4 Å². The average molecular weight is 452 g/mol. The van der Waals surface area contributed by atoms with Crippen molar-refractivity contribution < 1.29 is 23.7 Å². The van der Waals surface area contributed by atoms with Crippen molar-refractivity contribution in [2.75, 3.05) is 39.6 Å². The number of nitrogens with zero attached hydrogens (tertiary/aromatic N) is 1. The molecule has 0 unspecified atom stereocenters. The highest BCUT2D eigenvalue weighted by atomic mass is 127. The van der Waals surface area contributed by atoms with Crippen molar-refractivity contribution in [1.82, 2.24) is 10.3 Å². The molecule has 1 aromatic heterocycles. The molecule has 0 saturated heterocycles. The maximum Gasteiger partial charge on any atom is 0.407 e. The second-order valence-corrected chi connectivity index (χ2v) is 7.06. The van der Waals surface area contributed by atoms with E-state index in [2.05, 4.69) is 32.9 Å². The van der Waals surface area contributed by atoms with Gasteiger partial charge in [0, 0.05) is 22.4 Å². The lowest BCUT2D eigenvalue weighted by Crippen LogP contribution is -2.34. The first-order chi connectivity index (χ1) is 11.4. The second kappa shape index (κ2) is 11.4. The van der Waals surface area contributed by atoms with Crippen LogP contribution in [0.4, 0.5) is 4.79 Å². The first kappa shape index (κ1) is 20.9. The number of alkyl carbamates (subject to hydrolysis) is 1. The molecule has 24 heavy (non-hydrogen) atoms. The van der Waals surface area contributed by atoms with Gasteiger partial charge in [0.1, 0.15) is 12.2 Å². The molecule has 7 nitrogen and oxygen atoms in total. The fourth-order valence-corrected chi connectivity index (χ4v) is 1.83. The topological polar surface area (TPSA) is 78.9 Å². The predicted octanol–water partition coefficient (Wildman–Crippen LogP) is 2.62. The molecule has 0 atom stereocenters. The van der Waals surface area contributed by atoms with E-state index < -0.39 is 11.7 Å². The van der Waals surface area contributed by atoms with E-state index in [0.29, 0.717) is 45.5 Å². The van der Waals surface area contributed by atoms with Gasteiger partial charge in [0.15, 0.2) is 0 Å². The zero-order chi connectivity index (χ0) is 17.8. The summed E-state index contributed by atoms with van der Waals surface area (Å²) in [6.45, 7) is 8.09. The van der Waals surface area contributed by atoms with Crippen molar-refractivity contribution in [2.45, 2.75) is 26.4 Å². The molecule has 1 heterocycles. The molecule has 0 aliphatic rings. The van der Waals surface area contributed by atoms with Crippen LogP contribution < -0.4 is 10.1 Å². The Morgan fingerprint density at radius 2 is 1.79 bits per heavy atom. The van der Waals surface area contributed by atoms with Crippen molar-refractivity contribution >= 4 is 28.7 Å². The minimum atomic E-state index is -0.491. The summed E-state index contributed by atoms with van der Waals surface area (Å²) in [5.41, 5.74) is -0.491. The minimum Gasteiger partial charge on any atom is -0.475 e. The van der Waals surface area contributed by atoms with Crippen LogP contribution in [-0.4, -0.2) is 56.3 Å². The summed E-state index contributed by atoms with van der Waals surface area (Å²) in [4.78, 5) is 15.5. The van der Waals surface area contributed by atoms with Gasteiger partial charge in [-0.25, -0.2) is 9.78 Å². The van der Waals surface area contributed by atoms with E-state index in [-0.39, 0.29) is 0 Å².